The fourth-order valence-electron chi connectivity index (χ4n) is 3.64. The molecule has 5 nitrogen and oxygen atoms in total. The normalized spacial score (nSPS) is 10.9. The van der Waals surface area contributed by atoms with Gasteiger partial charge in [0.2, 0.25) is 0 Å². The molecule has 0 aliphatic rings. The lowest BCUT2D eigenvalue weighted by molar-refractivity contribution is 0.102. The number of hydrogen-bond donors (Lipinski definition) is 1. The molecule has 5 aromatic rings. The van der Waals surface area contributed by atoms with Gasteiger partial charge >= 0.3 is 0 Å². The summed E-state index contributed by atoms with van der Waals surface area (Å²) < 4.78 is 1.72. The molecule has 0 saturated heterocycles. The second-order valence-corrected chi connectivity index (χ2v) is 7.37. The number of aromatic nitrogens is 3. The van der Waals surface area contributed by atoms with Crippen molar-refractivity contribution in [2.24, 2.45) is 7.05 Å². The third kappa shape index (κ3) is 3.81. The molecule has 0 saturated carbocycles. The van der Waals surface area contributed by atoms with Crippen LogP contribution in [0.15, 0.2) is 97.3 Å². The van der Waals surface area contributed by atoms with Gasteiger partial charge in [-0.15, -0.1) is 0 Å². The molecular weight excluding hydrogens is 384 g/mol. The summed E-state index contributed by atoms with van der Waals surface area (Å²) in [6, 6.07) is 27.5. The van der Waals surface area contributed by atoms with Crippen molar-refractivity contribution >= 4 is 22.5 Å². The van der Waals surface area contributed by atoms with Crippen LogP contribution < -0.4 is 5.32 Å². The number of nitrogens with one attached hydrogen (secondary N) is 1. The van der Waals surface area contributed by atoms with Gasteiger partial charge in [0.25, 0.3) is 5.91 Å². The van der Waals surface area contributed by atoms with E-state index in [1.807, 2.05) is 86.0 Å². The largest absolute Gasteiger partial charge is 0.322 e. The summed E-state index contributed by atoms with van der Waals surface area (Å²) in [7, 11) is 1.86. The van der Waals surface area contributed by atoms with Crippen LogP contribution in [0, 0.1) is 0 Å². The van der Waals surface area contributed by atoms with Crippen LogP contribution in [-0.2, 0) is 7.05 Å². The molecular formula is C26H20N4O. The number of pyridine rings is 1. The first kappa shape index (κ1) is 18.8. The van der Waals surface area contributed by atoms with Crippen molar-refractivity contribution in [3.63, 3.8) is 0 Å². The Kier molecular flexibility index (Phi) is 4.77. The minimum absolute atomic E-state index is 0.170. The lowest BCUT2D eigenvalue weighted by atomic mass is 10.0. The number of carbonyl (C=O) groups excluding carboxylic acids is 1. The number of rotatable bonds is 4. The van der Waals surface area contributed by atoms with Crippen LogP contribution in [0.3, 0.4) is 0 Å². The Morgan fingerprint density at radius 1 is 0.839 bits per heavy atom. The first-order valence-electron chi connectivity index (χ1n) is 10.0. The number of para-hydroxylation sites is 1. The summed E-state index contributed by atoms with van der Waals surface area (Å²) >= 11 is 0. The van der Waals surface area contributed by atoms with Crippen LogP contribution >= 0.6 is 0 Å². The van der Waals surface area contributed by atoms with Crippen molar-refractivity contribution < 1.29 is 4.79 Å². The standard InChI is InChI=1S/C26H20N4O/c1-30-17-20(16-27-30)25-15-23(22-9-5-6-10-24(22)29-25)26(31)28-21-13-11-19(12-14-21)18-7-3-2-4-8-18/h2-17H,1H3,(H,28,31). The lowest BCUT2D eigenvalue weighted by Gasteiger charge is -2.11. The van der Waals surface area contributed by atoms with Crippen molar-refractivity contribution in [2.45, 2.75) is 0 Å². The van der Waals surface area contributed by atoms with E-state index in [-0.39, 0.29) is 5.91 Å². The summed E-state index contributed by atoms with van der Waals surface area (Å²) in [5.74, 6) is -0.170. The van der Waals surface area contributed by atoms with E-state index in [1.165, 1.54) is 0 Å². The third-order valence-corrected chi connectivity index (χ3v) is 5.21. The quantitative estimate of drug-likeness (QED) is 0.427. The van der Waals surface area contributed by atoms with Crippen LogP contribution in [0.4, 0.5) is 5.69 Å². The molecule has 0 unspecified atom stereocenters. The zero-order valence-electron chi connectivity index (χ0n) is 17.0. The number of benzene rings is 3. The van der Waals surface area contributed by atoms with E-state index in [1.54, 1.807) is 10.9 Å². The van der Waals surface area contributed by atoms with Crippen molar-refractivity contribution in [1.29, 1.82) is 0 Å². The Morgan fingerprint density at radius 2 is 1.55 bits per heavy atom. The average Bonchev–Trinajstić information content (AvgIpc) is 3.25. The van der Waals surface area contributed by atoms with Gasteiger partial charge in [-0.2, -0.15) is 5.10 Å². The maximum atomic E-state index is 13.2. The van der Waals surface area contributed by atoms with Gasteiger partial charge in [-0.1, -0.05) is 60.7 Å². The molecule has 1 N–H and O–H groups in total. The van der Waals surface area contributed by atoms with Crippen LogP contribution in [0.25, 0.3) is 33.3 Å². The number of carbonyl (C=O) groups is 1. The van der Waals surface area contributed by atoms with E-state index >= 15 is 0 Å². The molecule has 2 aromatic heterocycles. The maximum absolute atomic E-state index is 13.2. The van der Waals surface area contributed by atoms with E-state index < -0.39 is 0 Å². The molecule has 3 aromatic carbocycles. The fraction of sp³-hybridized carbons (Fsp3) is 0.0385. The zero-order chi connectivity index (χ0) is 21.2. The Labute approximate surface area is 180 Å². The molecule has 31 heavy (non-hydrogen) atoms. The SMILES string of the molecule is Cn1cc(-c2cc(C(=O)Nc3ccc(-c4ccccc4)cc3)c3ccccc3n2)cn1. The second-order valence-electron chi connectivity index (χ2n) is 7.37. The van der Waals surface area contributed by atoms with Gasteiger partial charge in [-0.25, -0.2) is 4.98 Å². The summed E-state index contributed by atoms with van der Waals surface area (Å²) in [5.41, 5.74) is 5.93. The molecule has 0 fully saturated rings. The highest BCUT2D eigenvalue weighted by molar-refractivity contribution is 6.13. The fourth-order valence-corrected chi connectivity index (χ4v) is 3.64. The number of aryl methyl sites for hydroxylation is 1. The monoisotopic (exact) mass is 404 g/mol. The highest BCUT2D eigenvalue weighted by Gasteiger charge is 2.15. The van der Waals surface area contributed by atoms with E-state index in [2.05, 4.69) is 22.5 Å². The van der Waals surface area contributed by atoms with Gasteiger partial charge in [0.05, 0.1) is 23.0 Å². The maximum Gasteiger partial charge on any atom is 0.256 e. The average molecular weight is 404 g/mol. The Morgan fingerprint density at radius 3 is 2.29 bits per heavy atom. The molecule has 0 aliphatic heterocycles. The van der Waals surface area contributed by atoms with Gasteiger partial charge in [-0.05, 0) is 35.4 Å². The predicted octanol–water partition coefficient (Wildman–Crippen LogP) is 5.55. The predicted molar refractivity (Wildman–Crippen MR) is 124 cm³/mol. The van der Waals surface area contributed by atoms with E-state index in [9.17, 15) is 4.79 Å². The molecule has 0 radical (unpaired) electrons. The van der Waals surface area contributed by atoms with Crippen LogP contribution in [0.2, 0.25) is 0 Å². The number of anilines is 1. The third-order valence-electron chi connectivity index (χ3n) is 5.21. The van der Waals surface area contributed by atoms with Gasteiger partial charge in [0, 0.05) is 29.9 Å². The molecule has 1 amide bonds. The molecule has 0 bridgehead atoms. The minimum Gasteiger partial charge on any atom is -0.322 e. The van der Waals surface area contributed by atoms with E-state index in [4.69, 9.17) is 4.98 Å². The number of hydrogen-bond acceptors (Lipinski definition) is 3. The molecule has 2 heterocycles. The van der Waals surface area contributed by atoms with Crippen LogP contribution in [0.1, 0.15) is 10.4 Å². The topological polar surface area (TPSA) is 59.8 Å². The van der Waals surface area contributed by atoms with Gasteiger partial charge in [0.1, 0.15) is 0 Å². The van der Waals surface area contributed by atoms with Crippen molar-refractivity contribution in [3.8, 4) is 22.4 Å². The van der Waals surface area contributed by atoms with Crippen molar-refractivity contribution in [3.05, 3.63) is 103 Å². The first-order chi connectivity index (χ1) is 15.2. The van der Waals surface area contributed by atoms with E-state index in [0.717, 1.165) is 39.0 Å². The zero-order valence-corrected chi connectivity index (χ0v) is 17.0. The minimum atomic E-state index is -0.170. The van der Waals surface area contributed by atoms with Gasteiger partial charge in [0.15, 0.2) is 0 Å². The summed E-state index contributed by atoms with van der Waals surface area (Å²) in [5, 5.41) is 8.06. The highest BCUT2D eigenvalue weighted by atomic mass is 16.1. The van der Waals surface area contributed by atoms with Crippen LogP contribution in [-0.4, -0.2) is 20.7 Å². The molecule has 0 aliphatic carbocycles. The Balaban J connectivity index is 1.48. The van der Waals surface area contributed by atoms with Crippen molar-refractivity contribution in [1.82, 2.24) is 14.8 Å². The van der Waals surface area contributed by atoms with Crippen molar-refractivity contribution in [2.75, 3.05) is 5.32 Å². The number of fused-ring (bicyclic) bond motifs is 1. The Hall–Kier alpha value is -4.25. The smallest absolute Gasteiger partial charge is 0.256 e. The Bertz CT molecular complexity index is 1370. The summed E-state index contributed by atoms with van der Waals surface area (Å²) in [6.45, 7) is 0. The summed E-state index contributed by atoms with van der Waals surface area (Å²) in [6.07, 6.45) is 3.64. The first-order valence-corrected chi connectivity index (χ1v) is 10.0. The van der Waals surface area contributed by atoms with E-state index in [0.29, 0.717) is 5.56 Å². The van der Waals surface area contributed by atoms with Gasteiger partial charge < -0.3 is 5.32 Å². The second kappa shape index (κ2) is 7.88. The highest BCUT2D eigenvalue weighted by Crippen LogP contribution is 2.26. The number of nitrogens with zero attached hydrogens (tertiary/aromatic N) is 3. The molecule has 150 valence electrons. The molecule has 0 atom stereocenters. The molecule has 0 spiro atoms. The summed E-state index contributed by atoms with van der Waals surface area (Å²) in [4.78, 5) is 17.9. The number of amides is 1. The van der Waals surface area contributed by atoms with Gasteiger partial charge in [-0.3, -0.25) is 9.48 Å². The lowest BCUT2D eigenvalue weighted by Crippen LogP contribution is -2.13. The molecule has 5 heteroatoms. The molecule has 5 rings (SSSR count). The van der Waals surface area contributed by atoms with Crippen LogP contribution in [0.5, 0.6) is 0 Å².